The number of rotatable bonds is 8. The number of alkyl halides is 3. The van der Waals surface area contributed by atoms with Crippen LogP contribution in [-0.4, -0.2) is 49.3 Å². The third kappa shape index (κ3) is 7.72. The molecule has 0 spiro atoms. The second-order valence-electron chi connectivity index (χ2n) is 6.47. The number of anilines is 1. The van der Waals surface area contributed by atoms with Gasteiger partial charge in [-0.05, 0) is 37.0 Å². The minimum absolute atomic E-state index is 0.00947. The summed E-state index contributed by atoms with van der Waals surface area (Å²) in [7, 11) is 1.66. The second-order valence-corrected chi connectivity index (χ2v) is 6.47. The lowest BCUT2D eigenvalue weighted by molar-refractivity contribution is -0.192. The van der Waals surface area contributed by atoms with E-state index in [0.29, 0.717) is 19.6 Å². The molecule has 1 aromatic rings. The first kappa shape index (κ1) is 24.4. The van der Waals surface area contributed by atoms with Crippen LogP contribution in [0.15, 0.2) is 24.3 Å². The molecule has 1 fully saturated rings. The summed E-state index contributed by atoms with van der Waals surface area (Å²) in [5, 5.41) is 12.9. The summed E-state index contributed by atoms with van der Waals surface area (Å²) in [6.07, 6.45) is -2.05. The van der Waals surface area contributed by atoms with Gasteiger partial charge in [-0.2, -0.15) is 13.2 Å². The normalized spacial score (nSPS) is 14.2. The van der Waals surface area contributed by atoms with Gasteiger partial charge in [-0.25, -0.2) is 4.79 Å². The predicted molar refractivity (Wildman–Crippen MR) is 99.5 cm³/mol. The van der Waals surface area contributed by atoms with Crippen molar-refractivity contribution in [2.75, 3.05) is 25.6 Å². The van der Waals surface area contributed by atoms with Gasteiger partial charge in [0.1, 0.15) is 0 Å². The highest BCUT2D eigenvalue weighted by atomic mass is 19.4. The number of amides is 2. The summed E-state index contributed by atoms with van der Waals surface area (Å²) in [5.74, 6) is -2.67. The minimum Gasteiger partial charge on any atom is -0.475 e. The molecule has 162 valence electrons. The summed E-state index contributed by atoms with van der Waals surface area (Å²) in [5.41, 5.74) is 1.42. The lowest BCUT2D eigenvalue weighted by atomic mass is 9.94. The number of hydrogen-bond donors (Lipinski definition) is 3. The molecule has 1 aliphatic rings. The van der Waals surface area contributed by atoms with Gasteiger partial charge in [0.05, 0.1) is 5.41 Å². The largest absolute Gasteiger partial charge is 0.490 e. The maximum absolute atomic E-state index is 12.4. The monoisotopic (exact) mass is 418 g/mol. The van der Waals surface area contributed by atoms with Crippen molar-refractivity contribution in [2.24, 2.45) is 0 Å². The Morgan fingerprint density at radius 1 is 1.17 bits per heavy atom. The van der Waals surface area contributed by atoms with Gasteiger partial charge < -0.3 is 20.5 Å². The van der Waals surface area contributed by atoms with Crippen LogP contribution in [0.4, 0.5) is 18.9 Å². The van der Waals surface area contributed by atoms with E-state index in [1.807, 2.05) is 31.2 Å². The fourth-order valence-corrected chi connectivity index (χ4v) is 2.48. The Labute approximate surface area is 166 Å². The number of hydrogen-bond acceptors (Lipinski definition) is 4. The van der Waals surface area contributed by atoms with Crippen LogP contribution in [0.3, 0.4) is 0 Å². The first-order chi connectivity index (χ1) is 13.6. The van der Waals surface area contributed by atoms with E-state index < -0.39 is 12.1 Å². The molecular weight excluding hydrogens is 393 g/mol. The number of carboxylic acids is 1. The highest BCUT2D eigenvalue weighted by molar-refractivity contribution is 5.92. The van der Waals surface area contributed by atoms with Crippen LogP contribution in [0.5, 0.6) is 0 Å². The molecule has 0 unspecified atom stereocenters. The van der Waals surface area contributed by atoms with E-state index in [2.05, 4.69) is 10.6 Å². The smallest absolute Gasteiger partial charge is 0.475 e. The molecule has 1 aromatic carbocycles. The summed E-state index contributed by atoms with van der Waals surface area (Å²) in [6, 6.07) is 7.60. The number of halogens is 3. The zero-order valence-electron chi connectivity index (χ0n) is 16.3. The molecular formula is C19H25F3N2O5. The number of benzene rings is 1. The van der Waals surface area contributed by atoms with Gasteiger partial charge in [-0.15, -0.1) is 0 Å². The van der Waals surface area contributed by atoms with Gasteiger partial charge in [0.15, 0.2) is 0 Å². The minimum atomic E-state index is -5.08. The van der Waals surface area contributed by atoms with Gasteiger partial charge >= 0.3 is 12.1 Å². The second kappa shape index (κ2) is 10.8. The van der Waals surface area contributed by atoms with Crippen LogP contribution in [-0.2, 0) is 24.5 Å². The standard InChI is InChI=1S/C17H24N2O3.C2HF3O2/c1-3-15(20)19-14-7-5-13(6-8-14)17(9-10-17)16(21)18-11-4-12-22-2;3-2(4,5)1(6)7/h5-8H,3-4,9-12H2,1-2H3,(H,18,21)(H,19,20);(H,6,7). The molecule has 1 aliphatic carbocycles. The molecule has 0 saturated heterocycles. The van der Waals surface area contributed by atoms with E-state index in [9.17, 15) is 22.8 Å². The lowest BCUT2D eigenvalue weighted by Crippen LogP contribution is -2.35. The van der Waals surface area contributed by atoms with E-state index in [1.165, 1.54) is 0 Å². The predicted octanol–water partition coefficient (Wildman–Crippen LogP) is 2.85. The first-order valence-electron chi connectivity index (χ1n) is 9.04. The number of aliphatic carboxylic acids is 1. The van der Waals surface area contributed by atoms with Crippen molar-refractivity contribution in [3.05, 3.63) is 29.8 Å². The van der Waals surface area contributed by atoms with E-state index in [1.54, 1.807) is 7.11 Å². The van der Waals surface area contributed by atoms with Crippen LogP contribution in [0.2, 0.25) is 0 Å². The van der Waals surface area contributed by atoms with Crippen LogP contribution in [0, 0.1) is 0 Å². The summed E-state index contributed by atoms with van der Waals surface area (Å²) < 4.78 is 36.7. The fourth-order valence-electron chi connectivity index (χ4n) is 2.48. The Bertz CT molecular complexity index is 701. The van der Waals surface area contributed by atoms with Crippen molar-refractivity contribution in [1.29, 1.82) is 0 Å². The Balaban J connectivity index is 0.000000516. The number of methoxy groups -OCH3 is 1. The lowest BCUT2D eigenvalue weighted by Gasteiger charge is -2.16. The van der Waals surface area contributed by atoms with E-state index in [0.717, 1.165) is 30.5 Å². The summed E-state index contributed by atoms with van der Waals surface area (Å²) >= 11 is 0. The van der Waals surface area contributed by atoms with Gasteiger partial charge in [0, 0.05) is 32.4 Å². The number of ether oxygens (including phenoxy) is 1. The molecule has 0 radical (unpaired) electrons. The molecule has 2 rings (SSSR count). The van der Waals surface area contributed by atoms with Crippen molar-refractivity contribution < 1.29 is 37.4 Å². The van der Waals surface area contributed by atoms with Crippen LogP contribution < -0.4 is 10.6 Å². The van der Waals surface area contributed by atoms with Gasteiger partial charge in [0.25, 0.3) is 0 Å². The van der Waals surface area contributed by atoms with Crippen LogP contribution in [0.1, 0.15) is 38.2 Å². The highest BCUT2D eigenvalue weighted by Crippen LogP contribution is 2.48. The third-order valence-corrected chi connectivity index (χ3v) is 4.28. The van der Waals surface area contributed by atoms with Crippen molar-refractivity contribution in [1.82, 2.24) is 5.32 Å². The van der Waals surface area contributed by atoms with Crippen molar-refractivity contribution in [3.63, 3.8) is 0 Å². The topological polar surface area (TPSA) is 105 Å². The summed E-state index contributed by atoms with van der Waals surface area (Å²) in [6.45, 7) is 3.11. The number of nitrogens with one attached hydrogen (secondary N) is 2. The number of carbonyl (C=O) groups is 3. The van der Waals surface area contributed by atoms with E-state index in [-0.39, 0.29) is 17.2 Å². The summed E-state index contributed by atoms with van der Waals surface area (Å²) in [4.78, 5) is 32.6. The Kier molecular flexibility index (Phi) is 9.09. The Morgan fingerprint density at radius 3 is 2.14 bits per heavy atom. The quantitative estimate of drug-likeness (QED) is 0.563. The maximum Gasteiger partial charge on any atom is 0.490 e. The van der Waals surface area contributed by atoms with Gasteiger partial charge in [-0.1, -0.05) is 19.1 Å². The average Bonchev–Trinajstić information content (AvgIpc) is 3.47. The highest BCUT2D eigenvalue weighted by Gasteiger charge is 2.50. The number of carbonyl (C=O) groups excluding carboxylic acids is 2. The third-order valence-electron chi connectivity index (χ3n) is 4.28. The van der Waals surface area contributed by atoms with Crippen LogP contribution in [0.25, 0.3) is 0 Å². The molecule has 3 N–H and O–H groups in total. The molecule has 7 nitrogen and oxygen atoms in total. The Morgan fingerprint density at radius 2 is 1.72 bits per heavy atom. The van der Waals surface area contributed by atoms with Gasteiger partial charge in [0.2, 0.25) is 11.8 Å². The molecule has 29 heavy (non-hydrogen) atoms. The van der Waals surface area contributed by atoms with Crippen molar-refractivity contribution in [2.45, 2.75) is 44.2 Å². The Hall–Kier alpha value is -2.62. The average molecular weight is 418 g/mol. The van der Waals surface area contributed by atoms with Crippen molar-refractivity contribution >= 4 is 23.5 Å². The molecule has 0 atom stereocenters. The van der Waals surface area contributed by atoms with Crippen LogP contribution >= 0.6 is 0 Å². The van der Waals surface area contributed by atoms with E-state index >= 15 is 0 Å². The molecule has 0 aromatic heterocycles. The first-order valence-corrected chi connectivity index (χ1v) is 9.04. The zero-order chi connectivity index (χ0) is 22.1. The maximum atomic E-state index is 12.4. The zero-order valence-corrected chi connectivity index (χ0v) is 16.3. The number of carboxylic acid groups (broad SMARTS) is 1. The SMILES string of the molecule is CCC(=O)Nc1ccc(C2(C(=O)NCCCOC)CC2)cc1.O=C(O)C(F)(F)F. The molecule has 0 bridgehead atoms. The molecule has 2 amide bonds. The molecule has 0 aliphatic heterocycles. The van der Waals surface area contributed by atoms with Gasteiger partial charge in [-0.3, -0.25) is 9.59 Å². The fraction of sp³-hybridized carbons (Fsp3) is 0.526. The van der Waals surface area contributed by atoms with Crippen molar-refractivity contribution in [3.8, 4) is 0 Å². The van der Waals surface area contributed by atoms with E-state index in [4.69, 9.17) is 14.6 Å². The molecule has 0 heterocycles. The molecule has 10 heteroatoms. The molecule has 1 saturated carbocycles.